The zero-order valence-electron chi connectivity index (χ0n) is 13.5. The van der Waals surface area contributed by atoms with E-state index in [1.54, 1.807) is 23.1 Å². The van der Waals surface area contributed by atoms with Crippen LogP contribution in [0.2, 0.25) is 0 Å². The first kappa shape index (κ1) is 16.2. The summed E-state index contributed by atoms with van der Waals surface area (Å²) in [4.78, 5) is 37.7. The molecule has 7 nitrogen and oxygen atoms in total. The molecule has 0 spiro atoms. The number of nitrogens with zero attached hydrogens (tertiary/aromatic N) is 2. The second-order valence-corrected chi connectivity index (χ2v) is 6.29. The van der Waals surface area contributed by atoms with Crippen molar-refractivity contribution in [2.45, 2.75) is 32.2 Å². The molecule has 2 amide bonds. The van der Waals surface area contributed by atoms with Crippen LogP contribution in [0.15, 0.2) is 29.1 Å². The molecular formula is C17H20N4O3. The van der Waals surface area contributed by atoms with Gasteiger partial charge in [-0.1, -0.05) is 18.2 Å². The zero-order chi connectivity index (χ0) is 17.3. The molecule has 0 radical (unpaired) electrons. The zero-order valence-corrected chi connectivity index (χ0v) is 13.5. The number of piperidine rings is 1. The Morgan fingerprint density at radius 1 is 1.29 bits per heavy atom. The molecule has 1 fully saturated rings. The minimum Gasteiger partial charge on any atom is -0.369 e. The largest absolute Gasteiger partial charge is 0.369 e. The minimum atomic E-state index is -0.368. The molecule has 7 heteroatoms. The van der Waals surface area contributed by atoms with Crippen molar-refractivity contribution in [3.63, 3.8) is 0 Å². The fraction of sp³-hybridized carbons (Fsp3) is 0.412. The molecule has 1 saturated heterocycles. The van der Waals surface area contributed by atoms with Crippen molar-refractivity contribution < 1.29 is 9.59 Å². The Balaban J connectivity index is 1.86. The smallest absolute Gasteiger partial charge is 0.272 e. The second kappa shape index (κ2) is 6.43. The molecule has 2 atom stereocenters. The van der Waals surface area contributed by atoms with Crippen molar-refractivity contribution >= 4 is 22.6 Å². The highest BCUT2D eigenvalue weighted by atomic mass is 16.2. The highest BCUT2D eigenvalue weighted by Gasteiger charge is 2.31. The molecule has 1 aromatic carbocycles. The Morgan fingerprint density at radius 3 is 2.71 bits per heavy atom. The average Bonchev–Trinajstić information content (AvgIpc) is 2.57. The van der Waals surface area contributed by atoms with Crippen molar-refractivity contribution in [2.75, 3.05) is 6.54 Å². The van der Waals surface area contributed by atoms with Crippen molar-refractivity contribution in [2.24, 2.45) is 11.7 Å². The maximum absolute atomic E-state index is 12.7. The van der Waals surface area contributed by atoms with Gasteiger partial charge in [-0.05, 0) is 25.8 Å². The molecule has 0 bridgehead atoms. The van der Waals surface area contributed by atoms with Gasteiger partial charge in [0.05, 0.1) is 23.4 Å². The van der Waals surface area contributed by atoms with Gasteiger partial charge >= 0.3 is 0 Å². The third-order valence-corrected chi connectivity index (χ3v) is 4.70. The fourth-order valence-corrected chi connectivity index (χ4v) is 3.24. The topological polar surface area (TPSA) is 109 Å². The number of primary amides is 1. The monoisotopic (exact) mass is 328 g/mol. The summed E-state index contributed by atoms with van der Waals surface area (Å²) >= 11 is 0. The number of hydrogen-bond acceptors (Lipinski definition) is 4. The molecule has 126 valence electrons. The van der Waals surface area contributed by atoms with Gasteiger partial charge in [0.2, 0.25) is 11.8 Å². The van der Waals surface area contributed by atoms with Crippen LogP contribution in [0.4, 0.5) is 0 Å². The highest BCUT2D eigenvalue weighted by Crippen LogP contribution is 2.23. The van der Waals surface area contributed by atoms with E-state index in [9.17, 15) is 14.4 Å². The van der Waals surface area contributed by atoms with Crippen LogP contribution in [-0.4, -0.2) is 39.5 Å². The SMILES string of the molecule is C[C@@H]1CC[C@@H](C(N)=O)CN1C(=O)Cc1n[nH]c(=O)c2ccccc12. The summed E-state index contributed by atoms with van der Waals surface area (Å²) in [5, 5.41) is 7.67. The molecule has 1 aliphatic rings. The summed E-state index contributed by atoms with van der Waals surface area (Å²) in [6.45, 7) is 2.31. The molecule has 0 saturated carbocycles. The average molecular weight is 328 g/mol. The van der Waals surface area contributed by atoms with E-state index in [-0.39, 0.29) is 35.8 Å². The summed E-state index contributed by atoms with van der Waals surface area (Å²) in [7, 11) is 0. The predicted molar refractivity (Wildman–Crippen MR) is 89.2 cm³/mol. The molecular weight excluding hydrogens is 308 g/mol. The van der Waals surface area contributed by atoms with Gasteiger partial charge in [0.1, 0.15) is 0 Å². The number of carbonyl (C=O) groups excluding carboxylic acids is 2. The van der Waals surface area contributed by atoms with Gasteiger partial charge in [-0.3, -0.25) is 14.4 Å². The van der Waals surface area contributed by atoms with Crippen molar-refractivity contribution in [3.8, 4) is 0 Å². The number of rotatable bonds is 3. The molecule has 0 aliphatic carbocycles. The number of aromatic amines is 1. The van der Waals surface area contributed by atoms with E-state index in [2.05, 4.69) is 10.2 Å². The van der Waals surface area contributed by atoms with E-state index < -0.39 is 0 Å². The van der Waals surface area contributed by atoms with Crippen LogP contribution in [-0.2, 0) is 16.0 Å². The summed E-state index contributed by atoms with van der Waals surface area (Å²) in [5.41, 5.74) is 5.64. The summed E-state index contributed by atoms with van der Waals surface area (Å²) in [5.74, 6) is -0.782. The van der Waals surface area contributed by atoms with Crippen LogP contribution >= 0.6 is 0 Å². The highest BCUT2D eigenvalue weighted by molar-refractivity contribution is 5.88. The van der Waals surface area contributed by atoms with Crippen LogP contribution in [0.25, 0.3) is 10.8 Å². The number of carbonyl (C=O) groups is 2. The van der Waals surface area contributed by atoms with Gasteiger partial charge in [0.15, 0.2) is 0 Å². The Labute approximate surface area is 138 Å². The standard InChI is InChI=1S/C17H20N4O3/c1-10-6-7-11(16(18)23)9-21(10)15(22)8-14-12-4-2-3-5-13(12)17(24)20-19-14/h2-5,10-11H,6-9H2,1H3,(H2,18,23)(H,20,24)/t10-,11-/m1/s1. The van der Waals surface area contributed by atoms with Crippen LogP contribution in [0.1, 0.15) is 25.5 Å². The van der Waals surface area contributed by atoms with Crippen molar-refractivity contribution in [1.82, 2.24) is 15.1 Å². The third-order valence-electron chi connectivity index (χ3n) is 4.70. The van der Waals surface area contributed by atoms with Gasteiger partial charge < -0.3 is 10.6 Å². The van der Waals surface area contributed by atoms with Gasteiger partial charge in [-0.2, -0.15) is 5.10 Å². The first-order valence-electron chi connectivity index (χ1n) is 8.02. The van der Waals surface area contributed by atoms with E-state index in [0.717, 1.165) is 6.42 Å². The number of hydrogen-bond donors (Lipinski definition) is 2. The third kappa shape index (κ3) is 3.02. The minimum absolute atomic E-state index is 0.0575. The Bertz CT molecular complexity index is 845. The first-order valence-corrected chi connectivity index (χ1v) is 8.02. The number of nitrogens with two attached hydrogens (primary N) is 1. The van der Waals surface area contributed by atoms with Gasteiger partial charge in [-0.25, -0.2) is 5.10 Å². The molecule has 1 aliphatic heterocycles. The maximum Gasteiger partial charge on any atom is 0.272 e. The van der Waals surface area contributed by atoms with Gasteiger partial charge in [0.25, 0.3) is 5.56 Å². The Hall–Kier alpha value is -2.70. The van der Waals surface area contributed by atoms with Crippen LogP contribution in [0, 0.1) is 5.92 Å². The van der Waals surface area contributed by atoms with E-state index in [1.807, 2.05) is 13.0 Å². The lowest BCUT2D eigenvalue weighted by molar-refractivity contribution is -0.137. The maximum atomic E-state index is 12.7. The second-order valence-electron chi connectivity index (χ2n) is 6.29. The lowest BCUT2D eigenvalue weighted by Gasteiger charge is -2.37. The Morgan fingerprint density at radius 2 is 2.00 bits per heavy atom. The number of amides is 2. The Kier molecular flexibility index (Phi) is 4.33. The lowest BCUT2D eigenvalue weighted by atomic mass is 9.92. The van der Waals surface area contributed by atoms with E-state index in [4.69, 9.17) is 5.73 Å². The number of likely N-dealkylation sites (tertiary alicyclic amines) is 1. The molecule has 1 aromatic heterocycles. The van der Waals surface area contributed by atoms with Crippen LogP contribution < -0.4 is 11.3 Å². The van der Waals surface area contributed by atoms with Crippen LogP contribution in [0.3, 0.4) is 0 Å². The van der Waals surface area contributed by atoms with E-state index >= 15 is 0 Å². The molecule has 24 heavy (non-hydrogen) atoms. The normalized spacial score (nSPS) is 21.0. The van der Waals surface area contributed by atoms with E-state index in [0.29, 0.717) is 29.4 Å². The quantitative estimate of drug-likeness (QED) is 0.858. The molecule has 3 rings (SSSR count). The molecule has 2 aromatic rings. The summed E-state index contributed by atoms with van der Waals surface area (Å²) in [6.07, 6.45) is 1.53. The first-order chi connectivity index (χ1) is 11.5. The predicted octanol–water partition coefficient (Wildman–Crippen LogP) is 0.578. The molecule has 2 heterocycles. The number of benzene rings is 1. The number of aromatic nitrogens is 2. The van der Waals surface area contributed by atoms with Crippen molar-refractivity contribution in [1.29, 1.82) is 0 Å². The van der Waals surface area contributed by atoms with Gasteiger partial charge in [-0.15, -0.1) is 0 Å². The van der Waals surface area contributed by atoms with Crippen molar-refractivity contribution in [3.05, 3.63) is 40.3 Å². The van der Waals surface area contributed by atoms with Crippen LogP contribution in [0.5, 0.6) is 0 Å². The number of H-pyrrole nitrogens is 1. The molecule has 3 N–H and O–H groups in total. The summed E-state index contributed by atoms with van der Waals surface area (Å²) in [6, 6.07) is 7.13. The summed E-state index contributed by atoms with van der Waals surface area (Å²) < 4.78 is 0. The van der Waals surface area contributed by atoms with Gasteiger partial charge in [0, 0.05) is 18.0 Å². The van der Waals surface area contributed by atoms with E-state index in [1.165, 1.54) is 0 Å². The number of fused-ring (bicyclic) bond motifs is 1. The fourth-order valence-electron chi connectivity index (χ4n) is 3.24. The number of nitrogens with one attached hydrogen (secondary N) is 1. The lowest BCUT2D eigenvalue weighted by Crippen LogP contribution is -2.49. The molecule has 0 unspecified atom stereocenters.